The standard InChI is InChI=1S/C23H32N6O3/c1-4-13-32-14-18-26-19-20(16-7-5-6-8-17(16)25-21(19)24)29(18)15-23(31)9-11-28(12-10-23)22(30)27(2)3/h5-8,31H,4,9-15H2,1-3H3,(H2,24,25). The third kappa shape index (κ3) is 4.22. The van der Waals surface area contributed by atoms with Crippen LogP contribution in [0.2, 0.25) is 0 Å². The number of rotatable bonds is 6. The minimum absolute atomic E-state index is 0.0290. The molecule has 9 heteroatoms. The molecule has 0 atom stereocenters. The van der Waals surface area contributed by atoms with Crippen LogP contribution in [0.4, 0.5) is 10.6 Å². The Morgan fingerprint density at radius 3 is 2.66 bits per heavy atom. The number of nitrogens with two attached hydrogens (primary N) is 1. The lowest BCUT2D eigenvalue weighted by Crippen LogP contribution is -2.51. The maximum Gasteiger partial charge on any atom is 0.319 e. The van der Waals surface area contributed by atoms with E-state index in [0.29, 0.717) is 57.0 Å². The molecule has 2 amide bonds. The Hall–Kier alpha value is -2.91. The largest absolute Gasteiger partial charge is 0.388 e. The van der Waals surface area contributed by atoms with Gasteiger partial charge < -0.3 is 29.9 Å². The van der Waals surface area contributed by atoms with Crippen LogP contribution in [0.3, 0.4) is 0 Å². The normalized spacial score (nSPS) is 16.1. The Labute approximate surface area is 187 Å². The molecule has 3 N–H and O–H groups in total. The number of nitrogens with zero attached hydrogens (tertiary/aromatic N) is 5. The number of likely N-dealkylation sites (tertiary alicyclic amines) is 1. The van der Waals surface area contributed by atoms with Gasteiger partial charge in [0.15, 0.2) is 5.82 Å². The number of anilines is 1. The molecule has 32 heavy (non-hydrogen) atoms. The maximum atomic E-state index is 12.3. The van der Waals surface area contributed by atoms with Crippen molar-refractivity contribution in [3.8, 4) is 0 Å². The number of aliphatic hydroxyl groups is 1. The molecule has 1 aromatic carbocycles. The van der Waals surface area contributed by atoms with Crippen molar-refractivity contribution in [2.75, 3.05) is 39.5 Å². The predicted molar refractivity (Wildman–Crippen MR) is 124 cm³/mol. The second-order valence-corrected chi connectivity index (χ2v) is 8.77. The van der Waals surface area contributed by atoms with E-state index in [9.17, 15) is 9.90 Å². The van der Waals surface area contributed by atoms with Gasteiger partial charge in [-0.2, -0.15) is 0 Å². The van der Waals surface area contributed by atoms with E-state index in [1.165, 1.54) is 0 Å². The Kier molecular flexibility index (Phi) is 6.21. The fourth-order valence-electron chi connectivity index (χ4n) is 4.34. The Bertz CT molecular complexity index is 1120. The summed E-state index contributed by atoms with van der Waals surface area (Å²) < 4.78 is 7.84. The lowest BCUT2D eigenvalue weighted by atomic mass is 9.91. The number of nitrogen functional groups attached to an aromatic ring is 1. The summed E-state index contributed by atoms with van der Waals surface area (Å²) in [6.45, 7) is 4.38. The van der Waals surface area contributed by atoms with Gasteiger partial charge in [0.05, 0.1) is 23.2 Å². The SMILES string of the molecule is CCCOCc1nc2c(N)nc3ccccc3c2n1CC1(O)CCN(C(=O)N(C)C)CC1. The van der Waals surface area contributed by atoms with Gasteiger partial charge in [-0.25, -0.2) is 14.8 Å². The number of fused-ring (bicyclic) bond motifs is 3. The summed E-state index contributed by atoms with van der Waals surface area (Å²) in [5.41, 5.74) is 7.58. The summed E-state index contributed by atoms with van der Waals surface area (Å²) in [6.07, 6.45) is 1.88. The number of benzene rings is 1. The molecule has 4 rings (SSSR count). The molecule has 1 aliphatic rings. The average Bonchev–Trinajstić information content (AvgIpc) is 3.12. The fraction of sp³-hybridized carbons (Fsp3) is 0.522. The molecule has 3 aromatic rings. The zero-order valence-corrected chi connectivity index (χ0v) is 19.0. The number of aromatic nitrogens is 3. The van der Waals surface area contributed by atoms with Gasteiger partial charge in [0.1, 0.15) is 17.9 Å². The van der Waals surface area contributed by atoms with Crippen molar-refractivity contribution in [2.45, 2.75) is 44.9 Å². The van der Waals surface area contributed by atoms with E-state index in [1.54, 1.807) is 23.9 Å². The van der Waals surface area contributed by atoms with Crippen LogP contribution in [0, 0.1) is 0 Å². The van der Waals surface area contributed by atoms with Crippen molar-refractivity contribution < 1.29 is 14.6 Å². The number of ether oxygens (including phenoxy) is 1. The van der Waals surface area contributed by atoms with Crippen LogP contribution in [0.15, 0.2) is 24.3 Å². The lowest BCUT2D eigenvalue weighted by molar-refractivity contribution is -0.0281. The van der Waals surface area contributed by atoms with Crippen molar-refractivity contribution in [1.29, 1.82) is 0 Å². The third-order valence-electron chi connectivity index (χ3n) is 6.07. The summed E-state index contributed by atoms with van der Waals surface area (Å²) in [6, 6.07) is 7.79. The maximum absolute atomic E-state index is 12.3. The van der Waals surface area contributed by atoms with Gasteiger partial charge in [-0.1, -0.05) is 25.1 Å². The molecule has 9 nitrogen and oxygen atoms in total. The number of hydrogen-bond acceptors (Lipinski definition) is 6. The number of imidazole rings is 1. The zero-order chi connectivity index (χ0) is 22.9. The molecule has 3 heterocycles. The number of hydrogen-bond donors (Lipinski definition) is 2. The number of para-hydroxylation sites is 1. The number of pyridine rings is 1. The molecule has 172 valence electrons. The van der Waals surface area contributed by atoms with Crippen LogP contribution in [0.1, 0.15) is 32.0 Å². The minimum Gasteiger partial charge on any atom is -0.388 e. The number of amides is 2. The van der Waals surface area contributed by atoms with Crippen LogP contribution < -0.4 is 5.73 Å². The van der Waals surface area contributed by atoms with Crippen LogP contribution in [0.25, 0.3) is 21.9 Å². The first-order chi connectivity index (χ1) is 15.3. The van der Waals surface area contributed by atoms with E-state index in [4.69, 9.17) is 15.5 Å². The summed E-state index contributed by atoms with van der Waals surface area (Å²) in [5, 5.41) is 12.4. The van der Waals surface area contributed by atoms with E-state index in [0.717, 1.165) is 28.7 Å². The topological polar surface area (TPSA) is 110 Å². The third-order valence-corrected chi connectivity index (χ3v) is 6.07. The molecule has 0 spiro atoms. The van der Waals surface area contributed by atoms with E-state index >= 15 is 0 Å². The highest BCUT2D eigenvalue weighted by Crippen LogP contribution is 2.32. The van der Waals surface area contributed by atoms with Crippen molar-refractivity contribution >= 4 is 33.8 Å². The highest BCUT2D eigenvalue weighted by Gasteiger charge is 2.36. The molecule has 0 aliphatic carbocycles. The predicted octanol–water partition coefficient (Wildman–Crippen LogP) is 2.60. The van der Waals surface area contributed by atoms with E-state index in [-0.39, 0.29) is 6.03 Å². The van der Waals surface area contributed by atoms with Crippen LogP contribution in [-0.2, 0) is 17.9 Å². The minimum atomic E-state index is -0.963. The lowest BCUT2D eigenvalue weighted by Gasteiger charge is -2.39. The van der Waals surface area contributed by atoms with E-state index in [1.807, 2.05) is 28.8 Å². The molecule has 1 fully saturated rings. The molecule has 0 radical (unpaired) electrons. The Morgan fingerprint density at radius 2 is 1.97 bits per heavy atom. The van der Waals surface area contributed by atoms with Gasteiger partial charge in [-0.15, -0.1) is 0 Å². The van der Waals surface area contributed by atoms with Gasteiger partial charge in [-0.05, 0) is 25.3 Å². The van der Waals surface area contributed by atoms with Gasteiger partial charge in [0, 0.05) is 39.2 Å². The highest BCUT2D eigenvalue weighted by atomic mass is 16.5. The molecule has 0 bridgehead atoms. The average molecular weight is 441 g/mol. The molecular weight excluding hydrogens is 408 g/mol. The summed E-state index contributed by atoms with van der Waals surface area (Å²) in [4.78, 5) is 24.9. The smallest absolute Gasteiger partial charge is 0.319 e. The monoisotopic (exact) mass is 440 g/mol. The molecule has 0 saturated carbocycles. The molecule has 0 unspecified atom stereocenters. The summed E-state index contributed by atoms with van der Waals surface area (Å²) >= 11 is 0. The van der Waals surface area contributed by atoms with Crippen LogP contribution in [0.5, 0.6) is 0 Å². The fourth-order valence-corrected chi connectivity index (χ4v) is 4.34. The Morgan fingerprint density at radius 1 is 1.25 bits per heavy atom. The zero-order valence-electron chi connectivity index (χ0n) is 19.0. The first kappa shape index (κ1) is 22.3. The van der Waals surface area contributed by atoms with Crippen molar-refractivity contribution in [3.63, 3.8) is 0 Å². The van der Waals surface area contributed by atoms with Gasteiger partial charge in [0.25, 0.3) is 0 Å². The molecule has 1 aliphatic heterocycles. The number of carbonyl (C=O) groups excluding carboxylic acids is 1. The van der Waals surface area contributed by atoms with Crippen molar-refractivity contribution in [2.24, 2.45) is 0 Å². The molecule has 1 saturated heterocycles. The van der Waals surface area contributed by atoms with Gasteiger partial charge in [-0.3, -0.25) is 0 Å². The number of urea groups is 1. The molecular formula is C23H32N6O3. The van der Waals surface area contributed by atoms with Gasteiger partial charge >= 0.3 is 6.03 Å². The second-order valence-electron chi connectivity index (χ2n) is 8.77. The number of carbonyl (C=O) groups is 1. The van der Waals surface area contributed by atoms with E-state index < -0.39 is 5.60 Å². The van der Waals surface area contributed by atoms with E-state index in [2.05, 4.69) is 11.9 Å². The first-order valence-corrected chi connectivity index (χ1v) is 11.1. The van der Waals surface area contributed by atoms with Crippen LogP contribution >= 0.6 is 0 Å². The first-order valence-electron chi connectivity index (χ1n) is 11.1. The number of piperidine rings is 1. The Balaban J connectivity index is 1.72. The van der Waals surface area contributed by atoms with Crippen molar-refractivity contribution in [3.05, 3.63) is 30.1 Å². The highest BCUT2D eigenvalue weighted by molar-refractivity contribution is 6.06. The van der Waals surface area contributed by atoms with Gasteiger partial charge in [0.2, 0.25) is 0 Å². The molecule has 2 aromatic heterocycles. The summed E-state index contributed by atoms with van der Waals surface area (Å²) in [7, 11) is 3.49. The van der Waals surface area contributed by atoms with Crippen molar-refractivity contribution in [1.82, 2.24) is 24.3 Å². The quantitative estimate of drug-likeness (QED) is 0.570. The van der Waals surface area contributed by atoms with Crippen LogP contribution in [-0.4, -0.2) is 74.9 Å². The second kappa shape index (κ2) is 8.91. The summed E-state index contributed by atoms with van der Waals surface area (Å²) in [5.74, 6) is 1.09.